The van der Waals surface area contributed by atoms with Crippen LogP contribution in [0.1, 0.15) is 37.8 Å². The van der Waals surface area contributed by atoms with Gasteiger partial charge in [-0.25, -0.2) is 4.79 Å². The van der Waals surface area contributed by atoms with Crippen molar-refractivity contribution in [2.45, 2.75) is 38.3 Å². The lowest BCUT2D eigenvalue weighted by atomic mass is 9.95. The first-order valence-electron chi connectivity index (χ1n) is 9.59. The number of carbonyl (C=O) groups excluding carboxylic acids is 5. The summed E-state index contributed by atoms with van der Waals surface area (Å²) in [4.78, 5) is 60.3. The van der Waals surface area contributed by atoms with Gasteiger partial charge in [-0.15, -0.1) is 0 Å². The average Bonchev–Trinajstić information content (AvgIpc) is 2.79. The Morgan fingerprint density at radius 2 is 1.35 bits per heavy atom. The first-order chi connectivity index (χ1) is 14.7. The van der Waals surface area contributed by atoms with Crippen LogP contribution in [0, 0.1) is 5.92 Å². The smallest absolute Gasteiger partial charge is 0.329 e. The van der Waals surface area contributed by atoms with Gasteiger partial charge in [0.15, 0.2) is 0 Å². The fourth-order valence-electron chi connectivity index (χ4n) is 2.81. The van der Waals surface area contributed by atoms with E-state index in [0.29, 0.717) is 0 Å². The van der Waals surface area contributed by atoms with Crippen molar-refractivity contribution in [3.63, 3.8) is 0 Å². The van der Waals surface area contributed by atoms with Gasteiger partial charge in [0.2, 0.25) is 11.8 Å². The Hall–Kier alpha value is -3.43. The average molecular weight is 436 g/mol. The van der Waals surface area contributed by atoms with Gasteiger partial charge < -0.3 is 24.8 Å². The number of rotatable bonds is 11. The van der Waals surface area contributed by atoms with Crippen molar-refractivity contribution in [2.24, 2.45) is 5.92 Å². The van der Waals surface area contributed by atoms with E-state index < -0.39 is 42.2 Å². The van der Waals surface area contributed by atoms with Crippen molar-refractivity contribution in [1.29, 1.82) is 0 Å². The molecule has 0 saturated heterocycles. The van der Waals surface area contributed by atoms with Crippen molar-refractivity contribution in [2.75, 3.05) is 21.3 Å². The summed E-state index contributed by atoms with van der Waals surface area (Å²) in [6.45, 7) is 1.81. The molecule has 0 fully saturated rings. The number of amides is 2. The number of benzene rings is 1. The van der Waals surface area contributed by atoms with Crippen LogP contribution < -0.4 is 10.6 Å². The highest BCUT2D eigenvalue weighted by molar-refractivity contribution is 5.92. The second kappa shape index (κ2) is 13.0. The summed E-state index contributed by atoms with van der Waals surface area (Å²) < 4.78 is 13.8. The van der Waals surface area contributed by atoms with Gasteiger partial charge in [0.1, 0.15) is 6.04 Å². The lowest BCUT2D eigenvalue weighted by Gasteiger charge is -2.23. The van der Waals surface area contributed by atoms with E-state index in [-0.39, 0.29) is 24.8 Å². The number of hydrogen-bond donors (Lipinski definition) is 2. The van der Waals surface area contributed by atoms with Crippen LogP contribution in [-0.4, -0.2) is 57.1 Å². The maximum absolute atomic E-state index is 12.3. The third-order valence-corrected chi connectivity index (χ3v) is 4.55. The molecule has 3 atom stereocenters. The fourth-order valence-corrected chi connectivity index (χ4v) is 2.81. The molecule has 10 nitrogen and oxygen atoms in total. The molecule has 10 heteroatoms. The molecule has 170 valence electrons. The Kier molecular flexibility index (Phi) is 10.7. The first-order valence-corrected chi connectivity index (χ1v) is 9.59. The zero-order valence-corrected chi connectivity index (χ0v) is 18.0. The van der Waals surface area contributed by atoms with Crippen molar-refractivity contribution >= 4 is 29.7 Å². The molecule has 0 spiro atoms. The predicted molar refractivity (Wildman–Crippen MR) is 108 cm³/mol. The maximum atomic E-state index is 12.3. The number of methoxy groups -OCH3 is 3. The Bertz CT molecular complexity index is 781. The normalized spacial score (nSPS) is 13.2. The molecule has 2 N–H and O–H groups in total. The van der Waals surface area contributed by atoms with E-state index in [1.54, 1.807) is 0 Å². The van der Waals surface area contributed by atoms with E-state index in [4.69, 9.17) is 0 Å². The number of hydrogen-bond acceptors (Lipinski definition) is 8. The summed E-state index contributed by atoms with van der Waals surface area (Å²) in [5, 5.41) is 5.13. The van der Waals surface area contributed by atoms with Crippen LogP contribution in [0.4, 0.5) is 0 Å². The van der Waals surface area contributed by atoms with Crippen LogP contribution in [0.2, 0.25) is 0 Å². The van der Waals surface area contributed by atoms with Gasteiger partial charge in [0.25, 0.3) is 0 Å². The Balaban J connectivity index is 2.73. The highest BCUT2D eigenvalue weighted by Crippen LogP contribution is 2.15. The number of esters is 3. The largest absolute Gasteiger partial charge is 0.469 e. The molecule has 1 rings (SSSR count). The molecule has 0 aliphatic heterocycles. The second-order valence-corrected chi connectivity index (χ2v) is 6.68. The predicted octanol–water partition coefficient (Wildman–Crippen LogP) is 0.654. The third-order valence-electron chi connectivity index (χ3n) is 4.55. The summed E-state index contributed by atoms with van der Waals surface area (Å²) in [6.07, 6.45) is -0.887. The van der Waals surface area contributed by atoms with Crippen molar-refractivity contribution in [3.05, 3.63) is 35.9 Å². The van der Waals surface area contributed by atoms with Crippen molar-refractivity contribution in [3.8, 4) is 0 Å². The molecule has 0 aliphatic rings. The second-order valence-electron chi connectivity index (χ2n) is 6.68. The van der Waals surface area contributed by atoms with Crippen molar-refractivity contribution < 1.29 is 38.2 Å². The first kappa shape index (κ1) is 25.6. The molecule has 0 aliphatic carbocycles. The van der Waals surface area contributed by atoms with Gasteiger partial charge in [-0.1, -0.05) is 30.3 Å². The van der Waals surface area contributed by atoms with Gasteiger partial charge in [-0.05, 0) is 12.5 Å². The molecule has 31 heavy (non-hydrogen) atoms. The van der Waals surface area contributed by atoms with Crippen LogP contribution in [0.25, 0.3) is 0 Å². The number of carbonyl (C=O) groups is 5. The molecule has 1 aromatic rings. The molecule has 0 bridgehead atoms. The Morgan fingerprint density at radius 1 is 0.806 bits per heavy atom. The van der Waals surface area contributed by atoms with E-state index in [2.05, 4.69) is 24.8 Å². The topological polar surface area (TPSA) is 137 Å². The van der Waals surface area contributed by atoms with Crippen LogP contribution in [-0.2, 0) is 38.2 Å². The molecule has 2 amide bonds. The lowest BCUT2D eigenvalue weighted by Crippen LogP contribution is -2.50. The summed E-state index contributed by atoms with van der Waals surface area (Å²) in [6, 6.07) is 7.58. The summed E-state index contributed by atoms with van der Waals surface area (Å²) >= 11 is 0. The molecular formula is C21H28N2O8. The fraction of sp³-hybridized carbons (Fsp3) is 0.476. The molecule has 0 saturated carbocycles. The van der Waals surface area contributed by atoms with Gasteiger partial charge in [0.05, 0.1) is 39.7 Å². The lowest BCUT2D eigenvalue weighted by molar-refractivity contribution is -0.159. The summed E-state index contributed by atoms with van der Waals surface area (Å²) in [5.74, 6) is -4.98. The Labute approximate surface area is 180 Å². The minimum atomic E-state index is -1.48. The van der Waals surface area contributed by atoms with E-state index in [1.807, 2.05) is 37.3 Å². The molecule has 1 aromatic carbocycles. The third kappa shape index (κ3) is 8.45. The van der Waals surface area contributed by atoms with Crippen LogP contribution in [0.5, 0.6) is 0 Å². The quantitative estimate of drug-likeness (QED) is 0.381. The summed E-state index contributed by atoms with van der Waals surface area (Å²) in [5.41, 5.74) is 0.912. The molecule has 0 radical (unpaired) electrons. The zero-order valence-electron chi connectivity index (χ0n) is 18.0. The van der Waals surface area contributed by atoms with E-state index in [1.165, 1.54) is 0 Å². The van der Waals surface area contributed by atoms with Crippen LogP contribution in [0.15, 0.2) is 30.3 Å². The SMILES string of the molecule is COC(=O)C[C@H](C(=O)OC)[C@@H](NC(=O)CCC(=O)N[C@H](C)c1ccccc1)C(=O)OC. The van der Waals surface area contributed by atoms with Crippen LogP contribution in [0.3, 0.4) is 0 Å². The van der Waals surface area contributed by atoms with Gasteiger partial charge in [-0.3, -0.25) is 19.2 Å². The minimum absolute atomic E-state index is 0.142. The number of nitrogens with one attached hydrogen (secondary N) is 2. The van der Waals surface area contributed by atoms with Crippen molar-refractivity contribution in [1.82, 2.24) is 10.6 Å². The van der Waals surface area contributed by atoms with E-state index >= 15 is 0 Å². The zero-order chi connectivity index (χ0) is 23.4. The Morgan fingerprint density at radius 3 is 1.87 bits per heavy atom. The van der Waals surface area contributed by atoms with Crippen LogP contribution >= 0.6 is 0 Å². The molecule has 0 aromatic heterocycles. The van der Waals surface area contributed by atoms with Gasteiger partial charge >= 0.3 is 17.9 Å². The molecule has 0 heterocycles. The highest BCUT2D eigenvalue weighted by atomic mass is 16.5. The monoisotopic (exact) mass is 436 g/mol. The molecular weight excluding hydrogens is 408 g/mol. The standard InChI is InChI=1S/C21H28N2O8/c1-13(14-8-6-5-7-9-14)22-16(24)10-11-17(25)23-19(21(28)31-4)15(20(27)30-3)12-18(26)29-2/h5-9,13,15,19H,10-12H2,1-4H3,(H,22,24)(H,23,25)/t13-,15+,19-/m1/s1. The van der Waals surface area contributed by atoms with Gasteiger partial charge in [-0.2, -0.15) is 0 Å². The highest BCUT2D eigenvalue weighted by Gasteiger charge is 2.38. The minimum Gasteiger partial charge on any atom is -0.469 e. The van der Waals surface area contributed by atoms with E-state index in [0.717, 1.165) is 26.9 Å². The summed E-state index contributed by atoms with van der Waals surface area (Å²) in [7, 11) is 3.28. The van der Waals surface area contributed by atoms with Gasteiger partial charge in [0, 0.05) is 12.8 Å². The number of ether oxygens (including phenoxy) is 3. The molecule has 0 unspecified atom stereocenters. The van der Waals surface area contributed by atoms with E-state index in [9.17, 15) is 24.0 Å². The maximum Gasteiger partial charge on any atom is 0.329 e.